The third-order valence-electron chi connectivity index (χ3n) is 4.52. The second kappa shape index (κ2) is 8.01. The Morgan fingerprint density at radius 1 is 1.14 bits per heavy atom. The van der Waals surface area contributed by atoms with Gasteiger partial charge in [-0.05, 0) is 35.0 Å². The second-order valence-corrected chi connectivity index (χ2v) is 6.55. The van der Waals surface area contributed by atoms with Crippen LogP contribution >= 0.6 is 0 Å². The van der Waals surface area contributed by atoms with E-state index < -0.39 is 12.0 Å². The highest BCUT2D eigenvalue weighted by molar-refractivity contribution is 5.74. The SMILES string of the molecule is Cc1cccc2nc(COC(=O)[C@@H](Cc3ccccc3)n3cnnn3)cc(=O)n12. The molecule has 0 aliphatic carbocycles. The number of carbonyl (C=O) groups excluding carboxylic acids is 1. The minimum atomic E-state index is -0.726. The van der Waals surface area contributed by atoms with E-state index >= 15 is 0 Å². The maximum Gasteiger partial charge on any atom is 0.331 e. The Hall–Kier alpha value is -3.88. The normalized spacial score (nSPS) is 12.0. The Morgan fingerprint density at radius 2 is 1.97 bits per heavy atom. The molecule has 0 saturated carbocycles. The molecule has 3 heterocycles. The highest BCUT2D eigenvalue weighted by atomic mass is 16.5. The number of carbonyl (C=O) groups is 1. The predicted octanol–water partition coefficient (Wildman–Crippen LogP) is 1.52. The highest BCUT2D eigenvalue weighted by Crippen LogP contribution is 2.15. The van der Waals surface area contributed by atoms with E-state index in [-0.39, 0.29) is 12.2 Å². The van der Waals surface area contributed by atoms with Crippen LogP contribution in [-0.4, -0.2) is 35.6 Å². The molecule has 0 saturated heterocycles. The van der Waals surface area contributed by atoms with Crippen molar-refractivity contribution >= 4 is 11.6 Å². The monoisotopic (exact) mass is 390 g/mol. The molecule has 0 unspecified atom stereocenters. The third-order valence-corrected chi connectivity index (χ3v) is 4.52. The van der Waals surface area contributed by atoms with Gasteiger partial charge >= 0.3 is 5.97 Å². The number of nitrogens with zero attached hydrogens (tertiary/aromatic N) is 6. The fourth-order valence-corrected chi connectivity index (χ4v) is 3.11. The van der Waals surface area contributed by atoms with Gasteiger partial charge in [0.2, 0.25) is 0 Å². The molecule has 3 aromatic heterocycles. The van der Waals surface area contributed by atoms with Gasteiger partial charge in [-0.25, -0.2) is 14.5 Å². The summed E-state index contributed by atoms with van der Waals surface area (Å²) in [4.78, 5) is 29.6. The fraction of sp³-hybridized carbons (Fsp3) is 0.200. The molecule has 4 rings (SSSR count). The lowest BCUT2D eigenvalue weighted by Gasteiger charge is -2.15. The van der Waals surface area contributed by atoms with Crippen LogP contribution in [0.2, 0.25) is 0 Å². The molecule has 1 atom stereocenters. The lowest BCUT2D eigenvalue weighted by molar-refractivity contribution is -0.149. The molecule has 0 aliphatic heterocycles. The van der Waals surface area contributed by atoms with Crippen molar-refractivity contribution in [2.75, 3.05) is 0 Å². The molecule has 9 heteroatoms. The molecule has 4 aromatic rings. The Kier molecular flexibility index (Phi) is 5.10. The van der Waals surface area contributed by atoms with Gasteiger partial charge in [-0.2, -0.15) is 0 Å². The number of esters is 1. The summed E-state index contributed by atoms with van der Waals surface area (Å²) in [6.07, 6.45) is 1.75. The van der Waals surface area contributed by atoms with Crippen molar-refractivity contribution in [3.05, 3.63) is 88.2 Å². The topological polar surface area (TPSA) is 104 Å². The quantitative estimate of drug-likeness (QED) is 0.460. The van der Waals surface area contributed by atoms with Gasteiger partial charge in [-0.15, -0.1) is 5.10 Å². The Balaban J connectivity index is 1.54. The van der Waals surface area contributed by atoms with E-state index in [0.717, 1.165) is 11.3 Å². The minimum absolute atomic E-state index is 0.119. The Labute approximate surface area is 165 Å². The third kappa shape index (κ3) is 4.03. The average Bonchev–Trinajstić information content (AvgIpc) is 3.25. The molecule has 9 nitrogen and oxygen atoms in total. The zero-order valence-corrected chi connectivity index (χ0v) is 15.7. The van der Waals surface area contributed by atoms with E-state index in [1.165, 1.54) is 21.5 Å². The Morgan fingerprint density at radius 3 is 2.72 bits per heavy atom. The number of benzene rings is 1. The minimum Gasteiger partial charge on any atom is -0.458 e. The van der Waals surface area contributed by atoms with Crippen molar-refractivity contribution in [1.82, 2.24) is 29.6 Å². The summed E-state index contributed by atoms with van der Waals surface area (Å²) in [5.41, 5.74) is 2.39. The van der Waals surface area contributed by atoms with E-state index in [1.54, 1.807) is 6.07 Å². The number of aryl methyl sites for hydroxylation is 1. The van der Waals surface area contributed by atoms with Gasteiger partial charge in [0.25, 0.3) is 5.56 Å². The lowest BCUT2D eigenvalue weighted by Crippen LogP contribution is -2.25. The van der Waals surface area contributed by atoms with Crippen LogP contribution in [0.3, 0.4) is 0 Å². The number of pyridine rings is 1. The number of ether oxygens (including phenoxy) is 1. The van der Waals surface area contributed by atoms with Gasteiger partial charge in [-0.3, -0.25) is 9.20 Å². The van der Waals surface area contributed by atoms with Crippen LogP contribution in [0.1, 0.15) is 23.0 Å². The summed E-state index contributed by atoms with van der Waals surface area (Å²) in [6.45, 7) is 1.71. The van der Waals surface area contributed by atoms with E-state index in [1.807, 2.05) is 49.4 Å². The van der Waals surface area contributed by atoms with E-state index in [2.05, 4.69) is 20.5 Å². The van der Waals surface area contributed by atoms with Crippen LogP contribution in [-0.2, 0) is 22.6 Å². The van der Waals surface area contributed by atoms with Crippen molar-refractivity contribution in [3.63, 3.8) is 0 Å². The molecule has 0 spiro atoms. The number of tetrazole rings is 1. The van der Waals surface area contributed by atoms with Gasteiger partial charge < -0.3 is 4.74 Å². The van der Waals surface area contributed by atoms with Crippen molar-refractivity contribution < 1.29 is 9.53 Å². The van der Waals surface area contributed by atoms with Crippen LogP contribution < -0.4 is 5.56 Å². The van der Waals surface area contributed by atoms with Crippen LogP contribution in [0.15, 0.2) is 65.7 Å². The van der Waals surface area contributed by atoms with E-state index in [9.17, 15) is 9.59 Å². The molecule has 0 N–H and O–H groups in total. The summed E-state index contributed by atoms with van der Waals surface area (Å²) >= 11 is 0. The first-order valence-corrected chi connectivity index (χ1v) is 9.03. The van der Waals surface area contributed by atoms with Crippen LogP contribution in [0, 0.1) is 6.92 Å². The molecule has 29 heavy (non-hydrogen) atoms. The number of fused-ring (bicyclic) bond motifs is 1. The summed E-state index contributed by atoms with van der Waals surface area (Å²) < 4.78 is 8.32. The number of hydrogen-bond acceptors (Lipinski definition) is 7. The maximum absolute atomic E-state index is 12.8. The molecule has 0 aliphatic rings. The largest absolute Gasteiger partial charge is 0.458 e. The molecule has 0 amide bonds. The first kappa shape index (κ1) is 18.5. The zero-order chi connectivity index (χ0) is 20.2. The molecule has 0 bridgehead atoms. The van der Waals surface area contributed by atoms with Crippen LogP contribution in [0.5, 0.6) is 0 Å². The highest BCUT2D eigenvalue weighted by Gasteiger charge is 2.24. The lowest BCUT2D eigenvalue weighted by atomic mass is 10.1. The summed E-state index contributed by atoms with van der Waals surface area (Å²) in [5, 5.41) is 11.1. The van der Waals surface area contributed by atoms with E-state index in [0.29, 0.717) is 17.8 Å². The standard InChI is InChI=1S/C20H18N6O3/c1-14-6-5-9-18-22-16(11-19(27)26(14)18)12-29-20(28)17(25-13-21-23-24-25)10-15-7-3-2-4-8-15/h2-9,11,13,17H,10,12H2,1H3/t17-/m1/s1. The molecular formula is C20H18N6O3. The predicted molar refractivity (Wildman–Crippen MR) is 103 cm³/mol. The van der Waals surface area contributed by atoms with Gasteiger partial charge in [0.15, 0.2) is 6.04 Å². The average molecular weight is 390 g/mol. The fourth-order valence-electron chi connectivity index (χ4n) is 3.11. The molecule has 1 aromatic carbocycles. The number of rotatable bonds is 6. The number of aromatic nitrogens is 6. The van der Waals surface area contributed by atoms with Gasteiger partial charge in [0.1, 0.15) is 18.6 Å². The maximum atomic E-state index is 12.8. The van der Waals surface area contributed by atoms with Gasteiger partial charge in [0.05, 0.1) is 5.69 Å². The number of hydrogen-bond donors (Lipinski definition) is 0. The zero-order valence-electron chi connectivity index (χ0n) is 15.7. The molecule has 146 valence electrons. The molecular weight excluding hydrogens is 372 g/mol. The van der Waals surface area contributed by atoms with Crippen molar-refractivity contribution in [3.8, 4) is 0 Å². The molecule has 0 fully saturated rings. The summed E-state index contributed by atoms with van der Waals surface area (Å²) in [7, 11) is 0. The van der Waals surface area contributed by atoms with Crippen molar-refractivity contribution in [1.29, 1.82) is 0 Å². The van der Waals surface area contributed by atoms with Crippen LogP contribution in [0.25, 0.3) is 5.65 Å². The smallest absolute Gasteiger partial charge is 0.331 e. The first-order valence-electron chi connectivity index (χ1n) is 9.03. The van der Waals surface area contributed by atoms with E-state index in [4.69, 9.17) is 4.74 Å². The van der Waals surface area contributed by atoms with Gasteiger partial charge in [0, 0.05) is 18.2 Å². The van der Waals surface area contributed by atoms with Crippen LogP contribution in [0.4, 0.5) is 0 Å². The molecule has 0 radical (unpaired) electrons. The first-order chi connectivity index (χ1) is 14.1. The summed E-state index contributed by atoms with van der Waals surface area (Å²) in [6, 6.07) is 15.6. The van der Waals surface area contributed by atoms with Crippen molar-refractivity contribution in [2.45, 2.75) is 26.0 Å². The Bertz CT molecular complexity index is 1190. The van der Waals surface area contributed by atoms with Gasteiger partial charge in [-0.1, -0.05) is 36.4 Å². The van der Waals surface area contributed by atoms with Crippen molar-refractivity contribution in [2.24, 2.45) is 0 Å². The second-order valence-electron chi connectivity index (χ2n) is 6.55. The summed E-state index contributed by atoms with van der Waals surface area (Å²) in [5.74, 6) is -0.507.